The third-order valence-electron chi connectivity index (χ3n) is 2.33. The molecule has 74 valence electrons. The number of hydrogen-bond donors (Lipinski definition) is 0. The molecule has 3 nitrogen and oxygen atoms in total. The fourth-order valence-electron chi connectivity index (χ4n) is 1.43. The summed E-state index contributed by atoms with van der Waals surface area (Å²) < 4.78 is 2.06. The molecule has 0 spiro atoms. The molecule has 1 rings (SSSR count). The molecular formula is C10H19N3. The second kappa shape index (κ2) is 4.42. The fraction of sp³-hybridized carbons (Fsp3) is 0.700. The van der Waals surface area contributed by atoms with Crippen LogP contribution in [-0.2, 0) is 6.67 Å². The lowest BCUT2D eigenvalue weighted by atomic mass is 10.4. The Balaban J connectivity index is 2.67. The van der Waals surface area contributed by atoms with Crippen LogP contribution in [0.1, 0.15) is 25.2 Å². The molecule has 0 amide bonds. The van der Waals surface area contributed by atoms with E-state index in [2.05, 4.69) is 41.5 Å². The molecule has 0 aromatic carbocycles. The first kappa shape index (κ1) is 10.3. The minimum atomic E-state index is 0.909. The molecule has 1 aromatic heterocycles. The maximum absolute atomic E-state index is 4.42. The zero-order valence-electron chi connectivity index (χ0n) is 9.04. The van der Waals surface area contributed by atoms with Gasteiger partial charge in [-0.25, -0.2) is 0 Å². The van der Waals surface area contributed by atoms with Gasteiger partial charge in [0.15, 0.2) is 0 Å². The third kappa shape index (κ3) is 2.56. The summed E-state index contributed by atoms with van der Waals surface area (Å²) >= 11 is 0. The molecule has 0 N–H and O–H groups in total. The van der Waals surface area contributed by atoms with Crippen LogP contribution < -0.4 is 0 Å². The van der Waals surface area contributed by atoms with Gasteiger partial charge in [0.2, 0.25) is 0 Å². The van der Waals surface area contributed by atoms with Gasteiger partial charge in [-0.1, -0.05) is 13.8 Å². The zero-order chi connectivity index (χ0) is 9.84. The van der Waals surface area contributed by atoms with Gasteiger partial charge in [-0.05, 0) is 33.0 Å². The predicted octanol–water partition coefficient (Wildman–Crippen LogP) is 1.80. The largest absolute Gasteiger partial charge is 0.285 e. The monoisotopic (exact) mass is 181 g/mol. The third-order valence-corrected chi connectivity index (χ3v) is 2.33. The maximum atomic E-state index is 4.42. The van der Waals surface area contributed by atoms with E-state index >= 15 is 0 Å². The number of hydrogen-bond acceptors (Lipinski definition) is 2. The molecular weight excluding hydrogens is 162 g/mol. The first-order valence-electron chi connectivity index (χ1n) is 4.90. The van der Waals surface area contributed by atoms with E-state index in [9.17, 15) is 0 Å². The van der Waals surface area contributed by atoms with E-state index < -0.39 is 0 Å². The predicted molar refractivity (Wildman–Crippen MR) is 54.6 cm³/mol. The molecule has 0 fully saturated rings. The lowest BCUT2D eigenvalue weighted by Crippen LogP contribution is -2.27. The minimum Gasteiger partial charge on any atom is -0.285 e. The van der Waals surface area contributed by atoms with Crippen LogP contribution in [-0.4, -0.2) is 27.8 Å². The first-order chi connectivity index (χ1) is 6.17. The van der Waals surface area contributed by atoms with Crippen LogP contribution in [0.3, 0.4) is 0 Å². The van der Waals surface area contributed by atoms with Gasteiger partial charge >= 0.3 is 0 Å². The van der Waals surface area contributed by atoms with Crippen LogP contribution in [0.4, 0.5) is 0 Å². The van der Waals surface area contributed by atoms with Gasteiger partial charge in [-0.2, -0.15) is 5.10 Å². The van der Waals surface area contributed by atoms with Crippen LogP contribution in [0, 0.1) is 13.8 Å². The fourth-order valence-corrected chi connectivity index (χ4v) is 1.43. The standard InChI is InChI=1S/C10H19N3/c1-5-12(6-2)8-13-10(4)7-9(3)11-13/h7H,5-6,8H2,1-4H3. The molecule has 0 bridgehead atoms. The number of rotatable bonds is 4. The van der Waals surface area contributed by atoms with E-state index in [1.54, 1.807) is 0 Å². The van der Waals surface area contributed by atoms with E-state index in [0.29, 0.717) is 0 Å². The Morgan fingerprint density at radius 1 is 1.31 bits per heavy atom. The first-order valence-corrected chi connectivity index (χ1v) is 4.90. The van der Waals surface area contributed by atoms with Crippen LogP contribution >= 0.6 is 0 Å². The average Bonchev–Trinajstić information content (AvgIpc) is 2.41. The van der Waals surface area contributed by atoms with Gasteiger partial charge in [0.05, 0.1) is 12.4 Å². The quantitative estimate of drug-likeness (QED) is 0.706. The van der Waals surface area contributed by atoms with Gasteiger partial charge < -0.3 is 0 Å². The van der Waals surface area contributed by atoms with Crippen LogP contribution in [0.5, 0.6) is 0 Å². The summed E-state index contributed by atoms with van der Waals surface area (Å²) in [6.45, 7) is 11.6. The van der Waals surface area contributed by atoms with Crippen molar-refractivity contribution in [3.63, 3.8) is 0 Å². The van der Waals surface area contributed by atoms with Crippen LogP contribution in [0.2, 0.25) is 0 Å². The van der Waals surface area contributed by atoms with Crippen molar-refractivity contribution >= 4 is 0 Å². The van der Waals surface area contributed by atoms with Crippen LogP contribution in [0.25, 0.3) is 0 Å². The smallest absolute Gasteiger partial charge is 0.0931 e. The Morgan fingerprint density at radius 2 is 1.92 bits per heavy atom. The highest BCUT2D eigenvalue weighted by molar-refractivity contribution is 5.06. The average molecular weight is 181 g/mol. The molecule has 13 heavy (non-hydrogen) atoms. The van der Waals surface area contributed by atoms with Crippen molar-refractivity contribution in [1.29, 1.82) is 0 Å². The van der Waals surface area contributed by atoms with Gasteiger partial charge in [0.1, 0.15) is 0 Å². The van der Waals surface area contributed by atoms with Crippen molar-refractivity contribution in [2.75, 3.05) is 13.1 Å². The van der Waals surface area contributed by atoms with Crippen molar-refractivity contribution in [3.05, 3.63) is 17.5 Å². The van der Waals surface area contributed by atoms with Gasteiger partial charge in [0.25, 0.3) is 0 Å². The molecule has 0 aliphatic heterocycles. The molecule has 0 unspecified atom stereocenters. The molecule has 0 atom stereocenters. The summed E-state index contributed by atoms with van der Waals surface area (Å²) in [6, 6.07) is 2.11. The Kier molecular flexibility index (Phi) is 3.48. The summed E-state index contributed by atoms with van der Waals surface area (Å²) in [4.78, 5) is 2.35. The second-order valence-electron chi connectivity index (χ2n) is 3.37. The summed E-state index contributed by atoms with van der Waals surface area (Å²) in [7, 11) is 0. The molecule has 0 aliphatic rings. The maximum Gasteiger partial charge on any atom is 0.0931 e. The molecule has 0 saturated heterocycles. The molecule has 1 aromatic rings. The Hall–Kier alpha value is -0.830. The van der Waals surface area contributed by atoms with Crippen LogP contribution in [0.15, 0.2) is 6.07 Å². The highest BCUT2D eigenvalue weighted by Gasteiger charge is 2.04. The van der Waals surface area contributed by atoms with E-state index in [1.165, 1.54) is 5.69 Å². The highest BCUT2D eigenvalue weighted by atomic mass is 15.4. The second-order valence-corrected chi connectivity index (χ2v) is 3.37. The summed E-state index contributed by atoms with van der Waals surface area (Å²) in [5.74, 6) is 0. The van der Waals surface area contributed by atoms with Crippen molar-refractivity contribution in [1.82, 2.24) is 14.7 Å². The molecule has 1 heterocycles. The summed E-state index contributed by atoms with van der Waals surface area (Å²) in [6.07, 6.45) is 0. The topological polar surface area (TPSA) is 21.1 Å². The Bertz CT molecular complexity index is 261. The minimum absolute atomic E-state index is 0.909. The SMILES string of the molecule is CCN(CC)Cn1nc(C)cc1C. The molecule has 0 aliphatic carbocycles. The van der Waals surface area contributed by atoms with E-state index in [0.717, 1.165) is 25.5 Å². The summed E-state index contributed by atoms with van der Waals surface area (Å²) in [5, 5.41) is 4.42. The Morgan fingerprint density at radius 3 is 2.31 bits per heavy atom. The number of aromatic nitrogens is 2. The van der Waals surface area contributed by atoms with Crippen molar-refractivity contribution in [2.24, 2.45) is 0 Å². The number of nitrogens with zero attached hydrogens (tertiary/aromatic N) is 3. The molecule has 0 radical (unpaired) electrons. The molecule has 3 heteroatoms. The normalized spacial score (nSPS) is 11.2. The lowest BCUT2D eigenvalue weighted by Gasteiger charge is -2.18. The van der Waals surface area contributed by atoms with Crippen molar-refractivity contribution in [3.8, 4) is 0 Å². The highest BCUT2D eigenvalue weighted by Crippen LogP contribution is 2.03. The zero-order valence-corrected chi connectivity index (χ0v) is 9.04. The van der Waals surface area contributed by atoms with Gasteiger partial charge in [-0.15, -0.1) is 0 Å². The summed E-state index contributed by atoms with van der Waals surface area (Å²) in [5.41, 5.74) is 2.34. The van der Waals surface area contributed by atoms with Crippen molar-refractivity contribution in [2.45, 2.75) is 34.4 Å². The van der Waals surface area contributed by atoms with E-state index in [1.807, 2.05) is 6.92 Å². The lowest BCUT2D eigenvalue weighted by molar-refractivity contribution is 0.226. The molecule has 0 saturated carbocycles. The van der Waals surface area contributed by atoms with E-state index in [-0.39, 0.29) is 0 Å². The number of aryl methyl sites for hydroxylation is 2. The Labute approximate surface area is 80.4 Å². The van der Waals surface area contributed by atoms with Gasteiger partial charge in [-0.3, -0.25) is 9.58 Å². The van der Waals surface area contributed by atoms with Crippen molar-refractivity contribution < 1.29 is 0 Å². The van der Waals surface area contributed by atoms with Gasteiger partial charge in [0, 0.05) is 5.69 Å². The van der Waals surface area contributed by atoms with E-state index in [4.69, 9.17) is 0 Å².